The van der Waals surface area contributed by atoms with E-state index in [9.17, 15) is 34.6 Å². The molecule has 1 aliphatic heterocycles. The average molecular weight is 542 g/mol. The van der Waals surface area contributed by atoms with Crippen LogP contribution in [-0.4, -0.2) is 59.1 Å². The lowest BCUT2D eigenvalue weighted by atomic mass is 9.97. The zero-order valence-electron chi connectivity index (χ0n) is 21.1. The summed E-state index contributed by atoms with van der Waals surface area (Å²) in [4.78, 5) is 60.2. The quantitative estimate of drug-likeness (QED) is 0.107. The monoisotopic (exact) mass is 541 g/mol. The summed E-state index contributed by atoms with van der Waals surface area (Å²) in [6.07, 6.45) is -1.73. The Morgan fingerprint density at radius 1 is 0.923 bits per heavy atom. The van der Waals surface area contributed by atoms with Crippen molar-refractivity contribution in [3.05, 3.63) is 92.0 Å². The average Bonchev–Trinajstić information content (AvgIpc) is 2.93. The molecule has 13 nitrogen and oxygen atoms in total. The third kappa shape index (κ3) is 7.37. The minimum atomic E-state index is -1.43. The molecule has 2 aromatic carbocycles. The van der Waals surface area contributed by atoms with E-state index in [2.05, 4.69) is 6.58 Å². The number of ether oxygens (including phenoxy) is 3. The zero-order chi connectivity index (χ0) is 28.5. The molecule has 39 heavy (non-hydrogen) atoms. The second-order valence-corrected chi connectivity index (χ2v) is 8.74. The van der Waals surface area contributed by atoms with Crippen LogP contribution >= 0.6 is 0 Å². The molecular formula is C26H27N3O10. The second-order valence-electron chi connectivity index (χ2n) is 8.74. The summed E-state index contributed by atoms with van der Waals surface area (Å²) in [5.41, 5.74) is -0.522. The van der Waals surface area contributed by atoms with Crippen LogP contribution in [0.25, 0.3) is 0 Å². The zero-order valence-corrected chi connectivity index (χ0v) is 21.1. The fourth-order valence-corrected chi connectivity index (χ4v) is 4.04. The van der Waals surface area contributed by atoms with Gasteiger partial charge in [0, 0.05) is 30.8 Å². The van der Waals surface area contributed by atoms with Crippen molar-refractivity contribution in [2.45, 2.75) is 25.9 Å². The Balaban J connectivity index is 1.69. The number of nitro benzene ring substituents is 2. The normalized spacial score (nSPS) is 13.4. The van der Waals surface area contributed by atoms with Crippen LogP contribution in [0.4, 0.5) is 16.2 Å². The molecule has 1 amide bonds. The first kappa shape index (κ1) is 28.8. The number of piperidine rings is 1. The number of hydrogen-bond donors (Lipinski definition) is 0. The van der Waals surface area contributed by atoms with Crippen LogP contribution in [0.3, 0.4) is 0 Å². The first-order valence-corrected chi connectivity index (χ1v) is 12.0. The van der Waals surface area contributed by atoms with E-state index in [1.54, 1.807) is 0 Å². The summed E-state index contributed by atoms with van der Waals surface area (Å²) >= 11 is 0. The molecule has 1 fully saturated rings. The van der Waals surface area contributed by atoms with Gasteiger partial charge in [0.1, 0.15) is 13.2 Å². The smallest absolute Gasteiger partial charge is 0.410 e. The lowest BCUT2D eigenvalue weighted by Crippen LogP contribution is -2.41. The number of nitrogens with zero attached hydrogens (tertiary/aromatic N) is 3. The summed E-state index contributed by atoms with van der Waals surface area (Å²) in [7, 11) is 0. The fraction of sp³-hybridized carbons (Fsp3) is 0.346. The molecule has 0 N–H and O–H groups in total. The molecule has 0 atom stereocenters. The maximum absolute atomic E-state index is 13.1. The summed E-state index contributed by atoms with van der Waals surface area (Å²) < 4.78 is 15.7. The van der Waals surface area contributed by atoms with Gasteiger partial charge in [-0.25, -0.2) is 9.59 Å². The van der Waals surface area contributed by atoms with Crippen molar-refractivity contribution < 1.29 is 38.4 Å². The van der Waals surface area contributed by atoms with Gasteiger partial charge < -0.3 is 19.1 Å². The number of benzene rings is 2. The number of carbonyl (C=O) groups is 3. The lowest BCUT2D eigenvalue weighted by Gasteiger charge is -2.31. The Labute approximate surface area is 223 Å². The van der Waals surface area contributed by atoms with E-state index in [4.69, 9.17) is 14.2 Å². The fourth-order valence-electron chi connectivity index (χ4n) is 4.04. The van der Waals surface area contributed by atoms with E-state index < -0.39 is 39.9 Å². The highest BCUT2D eigenvalue weighted by Crippen LogP contribution is 2.37. The number of hydrogen-bond acceptors (Lipinski definition) is 10. The molecule has 206 valence electrons. The number of likely N-dealkylation sites (tertiary alicyclic amines) is 1. The van der Waals surface area contributed by atoms with Gasteiger partial charge in [-0.1, -0.05) is 30.8 Å². The van der Waals surface area contributed by atoms with E-state index >= 15 is 0 Å². The Morgan fingerprint density at radius 2 is 1.41 bits per heavy atom. The summed E-state index contributed by atoms with van der Waals surface area (Å²) in [5, 5.41) is 23.3. The second kappa shape index (κ2) is 13.1. The molecule has 0 saturated carbocycles. The van der Waals surface area contributed by atoms with Gasteiger partial charge in [0.25, 0.3) is 11.4 Å². The molecule has 0 radical (unpaired) electrons. The number of para-hydroxylation sites is 2. The Bertz CT molecular complexity index is 1210. The van der Waals surface area contributed by atoms with Crippen molar-refractivity contribution in [1.29, 1.82) is 0 Å². The Morgan fingerprint density at radius 3 is 1.90 bits per heavy atom. The molecule has 1 heterocycles. The van der Waals surface area contributed by atoms with Crippen LogP contribution in [0.1, 0.15) is 37.0 Å². The maximum atomic E-state index is 13.1. The van der Waals surface area contributed by atoms with Gasteiger partial charge >= 0.3 is 18.0 Å². The molecule has 0 aromatic heterocycles. The molecule has 3 rings (SSSR count). The van der Waals surface area contributed by atoms with Crippen LogP contribution < -0.4 is 0 Å². The van der Waals surface area contributed by atoms with Crippen molar-refractivity contribution in [2.24, 2.45) is 5.92 Å². The largest absolute Gasteiger partial charge is 0.462 e. The van der Waals surface area contributed by atoms with Gasteiger partial charge in [-0.3, -0.25) is 25.0 Å². The molecule has 13 heteroatoms. The van der Waals surface area contributed by atoms with E-state index in [1.165, 1.54) is 60.4 Å². The number of carbonyl (C=O) groups excluding carboxylic acids is 3. The summed E-state index contributed by atoms with van der Waals surface area (Å²) in [6.45, 7) is 4.98. The van der Waals surface area contributed by atoms with Crippen molar-refractivity contribution in [3.63, 3.8) is 0 Å². The minimum absolute atomic E-state index is 0.0176. The molecular weight excluding hydrogens is 514 g/mol. The summed E-state index contributed by atoms with van der Waals surface area (Å²) in [5.74, 6) is -1.57. The predicted octanol–water partition coefficient (Wildman–Crippen LogP) is 4.10. The SMILES string of the molecule is C=C(C)C(=O)OCCOC(=O)C1CCN(C(=O)OC(c2ccccc2[N+](=O)[O-])c2ccccc2[N+](=O)[O-])CC1. The van der Waals surface area contributed by atoms with Gasteiger partial charge in [0.15, 0.2) is 6.10 Å². The molecule has 0 aliphatic carbocycles. The highest BCUT2D eigenvalue weighted by molar-refractivity contribution is 5.86. The molecule has 1 saturated heterocycles. The van der Waals surface area contributed by atoms with Crippen molar-refractivity contribution in [1.82, 2.24) is 4.90 Å². The van der Waals surface area contributed by atoms with E-state index in [-0.39, 0.29) is 67.2 Å². The number of rotatable bonds is 10. The first-order chi connectivity index (χ1) is 18.6. The molecule has 0 unspecified atom stereocenters. The molecule has 0 bridgehead atoms. The van der Waals surface area contributed by atoms with E-state index in [0.717, 1.165) is 0 Å². The molecule has 0 spiro atoms. The van der Waals surface area contributed by atoms with Gasteiger partial charge in [0.05, 0.1) is 26.9 Å². The lowest BCUT2D eigenvalue weighted by molar-refractivity contribution is -0.387. The van der Waals surface area contributed by atoms with E-state index in [0.29, 0.717) is 0 Å². The molecule has 2 aromatic rings. The standard InChI is InChI=1S/C26H27N3O10/c1-17(2)24(30)37-15-16-38-25(31)18-11-13-27(14-12-18)26(32)39-23(19-7-3-5-9-21(19)28(33)34)20-8-4-6-10-22(20)29(35)36/h3-10,18,23H,1,11-16H2,2H3. The highest BCUT2D eigenvalue weighted by atomic mass is 16.6. The van der Waals surface area contributed by atoms with Gasteiger partial charge in [-0.05, 0) is 31.9 Å². The third-order valence-corrected chi connectivity index (χ3v) is 6.05. The first-order valence-electron chi connectivity index (χ1n) is 12.0. The van der Waals surface area contributed by atoms with Gasteiger partial charge in [-0.2, -0.15) is 0 Å². The van der Waals surface area contributed by atoms with E-state index in [1.807, 2.05) is 0 Å². The summed E-state index contributed by atoms with van der Waals surface area (Å²) in [6, 6.07) is 11.1. The molecule has 1 aliphatic rings. The van der Waals surface area contributed by atoms with Crippen LogP contribution in [0.15, 0.2) is 60.7 Å². The predicted molar refractivity (Wildman–Crippen MR) is 136 cm³/mol. The van der Waals surface area contributed by atoms with Gasteiger partial charge in [0.2, 0.25) is 0 Å². The van der Waals surface area contributed by atoms with Gasteiger partial charge in [-0.15, -0.1) is 0 Å². The Hall–Kier alpha value is -4.81. The number of nitro groups is 2. The maximum Gasteiger partial charge on any atom is 0.410 e. The third-order valence-electron chi connectivity index (χ3n) is 6.05. The van der Waals surface area contributed by atoms with Crippen LogP contribution in [-0.2, 0) is 23.8 Å². The van der Waals surface area contributed by atoms with Crippen molar-refractivity contribution in [2.75, 3.05) is 26.3 Å². The van der Waals surface area contributed by atoms with Crippen molar-refractivity contribution >= 4 is 29.4 Å². The topological polar surface area (TPSA) is 168 Å². The van der Waals surface area contributed by atoms with Crippen LogP contribution in [0.5, 0.6) is 0 Å². The van der Waals surface area contributed by atoms with Crippen LogP contribution in [0.2, 0.25) is 0 Å². The Kier molecular flexibility index (Phi) is 9.68. The number of esters is 2. The van der Waals surface area contributed by atoms with Crippen LogP contribution in [0, 0.1) is 26.1 Å². The number of amides is 1. The highest BCUT2D eigenvalue weighted by Gasteiger charge is 2.35. The van der Waals surface area contributed by atoms with Crippen molar-refractivity contribution in [3.8, 4) is 0 Å². The minimum Gasteiger partial charge on any atom is -0.462 e.